The van der Waals surface area contributed by atoms with Crippen LogP contribution in [0.3, 0.4) is 0 Å². The minimum atomic E-state index is -0.475. The van der Waals surface area contributed by atoms with Crippen LogP contribution in [0.5, 0.6) is 0 Å². The van der Waals surface area contributed by atoms with E-state index in [1.165, 1.54) is 16.9 Å². The van der Waals surface area contributed by atoms with E-state index in [1.54, 1.807) is 36.5 Å². The number of pyridine rings is 1. The smallest absolute Gasteiger partial charge is 0.270 e. The topological polar surface area (TPSA) is 76.6 Å². The molecule has 6 heteroatoms. The molecule has 20 heavy (non-hydrogen) atoms. The number of nitrogens with zero attached hydrogens (tertiary/aromatic N) is 2. The fraction of sp³-hybridized carbons (Fsp3) is 0.0714. The summed E-state index contributed by atoms with van der Waals surface area (Å²) in [5.74, 6) is 0.143. The van der Waals surface area contributed by atoms with Crippen LogP contribution in [0.25, 0.3) is 5.65 Å². The third kappa shape index (κ3) is 2.18. The highest BCUT2D eigenvalue weighted by atomic mass is 16.3. The van der Waals surface area contributed by atoms with E-state index in [0.29, 0.717) is 11.4 Å². The molecule has 0 fully saturated rings. The van der Waals surface area contributed by atoms with E-state index < -0.39 is 11.5 Å². The molecule has 1 amide bonds. The standard InChI is InChI=1S/C14H11N3O3/c18-13(16-8-10-4-3-7-20-10)11-9-15-12-5-1-2-6-17(12)14(11)19/h1-7,9H,8H2,(H,16,18). The molecule has 3 rings (SSSR count). The molecule has 3 heterocycles. The molecule has 0 aliphatic rings. The minimum absolute atomic E-state index is 0.000237. The highest BCUT2D eigenvalue weighted by molar-refractivity contribution is 5.93. The van der Waals surface area contributed by atoms with E-state index in [-0.39, 0.29) is 12.1 Å². The zero-order chi connectivity index (χ0) is 13.9. The van der Waals surface area contributed by atoms with Crippen LogP contribution in [0.2, 0.25) is 0 Å². The number of fused-ring (bicyclic) bond motifs is 1. The molecular formula is C14H11N3O3. The summed E-state index contributed by atoms with van der Waals surface area (Å²) in [6, 6.07) is 8.66. The number of carbonyl (C=O) groups excluding carboxylic acids is 1. The van der Waals surface area contributed by atoms with Crippen molar-refractivity contribution in [3.8, 4) is 0 Å². The highest BCUT2D eigenvalue weighted by Crippen LogP contribution is 2.01. The number of furan rings is 1. The Hall–Kier alpha value is -2.89. The summed E-state index contributed by atoms with van der Waals surface area (Å²) in [5, 5.41) is 2.62. The van der Waals surface area contributed by atoms with E-state index in [1.807, 2.05) is 0 Å². The van der Waals surface area contributed by atoms with Gasteiger partial charge in [0.15, 0.2) is 0 Å². The molecule has 0 atom stereocenters. The zero-order valence-electron chi connectivity index (χ0n) is 10.4. The van der Waals surface area contributed by atoms with Crippen LogP contribution in [-0.4, -0.2) is 15.3 Å². The third-order valence-electron chi connectivity index (χ3n) is 2.86. The molecule has 0 aromatic carbocycles. The monoisotopic (exact) mass is 269 g/mol. The number of nitrogens with one attached hydrogen (secondary N) is 1. The molecule has 0 unspecified atom stereocenters. The molecule has 6 nitrogen and oxygen atoms in total. The number of hydrogen-bond donors (Lipinski definition) is 1. The lowest BCUT2D eigenvalue weighted by molar-refractivity contribution is 0.0946. The van der Waals surface area contributed by atoms with Crippen LogP contribution in [0.1, 0.15) is 16.1 Å². The Morgan fingerprint density at radius 2 is 2.20 bits per heavy atom. The van der Waals surface area contributed by atoms with E-state index in [2.05, 4.69) is 10.3 Å². The average Bonchev–Trinajstić information content (AvgIpc) is 2.99. The Kier molecular flexibility index (Phi) is 3.04. The van der Waals surface area contributed by atoms with Gasteiger partial charge in [-0.05, 0) is 24.3 Å². The van der Waals surface area contributed by atoms with Crippen molar-refractivity contribution in [1.29, 1.82) is 0 Å². The Morgan fingerprint density at radius 1 is 1.30 bits per heavy atom. The van der Waals surface area contributed by atoms with Gasteiger partial charge in [0.05, 0.1) is 12.8 Å². The van der Waals surface area contributed by atoms with Crippen LogP contribution in [0, 0.1) is 0 Å². The van der Waals surface area contributed by atoms with Gasteiger partial charge in [0.2, 0.25) is 0 Å². The van der Waals surface area contributed by atoms with Crippen LogP contribution in [-0.2, 0) is 6.54 Å². The van der Waals surface area contributed by atoms with E-state index in [9.17, 15) is 9.59 Å². The third-order valence-corrected chi connectivity index (χ3v) is 2.86. The highest BCUT2D eigenvalue weighted by Gasteiger charge is 2.13. The minimum Gasteiger partial charge on any atom is -0.467 e. The summed E-state index contributed by atoms with van der Waals surface area (Å²) in [6.45, 7) is 0.225. The van der Waals surface area contributed by atoms with Crippen molar-refractivity contribution in [3.63, 3.8) is 0 Å². The lowest BCUT2D eigenvalue weighted by Crippen LogP contribution is -2.31. The molecule has 0 radical (unpaired) electrons. The molecule has 100 valence electrons. The van der Waals surface area contributed by atoms with Crippen molar-refractivity contribution in [1.82, 2.24) is 14.7 Å². The first-order valence-corrected chi connectivity index (χ1v) is 6.03. The van der Waals surface area contributed by atoms with Crippen LogP contribution >= 0.6 is 0 Å². The normalized spacial score (nSPS) is 10.6. The number of hydrogen-bond acceptors (Lipinski definition) is 4. The van der Waals surface area contributed by atoms with Crippen LogP contribution < -0.4 is 10.9 Å². The summed E-state index contributed by atoms with van der Waals surface area (Å²) in [4.78, 5) is 28.3. The summed E-state index contributed by atoms with van der Waals surface area (Å²) in [7, 11) is 0. The largest absolute Gasteiger partial charge is 0.467 e. The summed E-state index contributed by atoms with van der Waals surface area (Å²) >= 11 is 0. The van der Waals surface area contributed by atoms with Crippen molar-refractivity contribution >= 4 is 11.6 Å². The van der Waals surface area contributed by atoms with Gasteiger partial charge in [-0.25, -0.2) is 4.98 Å². The van der Waals surface area contributed by atoms with Crippen LogP contribution in [0.15, 0.2) is 58.2 Å². The fourth-order valence-electron chi connectivity index (χ4n) is 1.86. The van der Waals surface area contributed by atoms with Crippen molar-refractivity contribution in [3.05, 3.63) is 70.7 Å². The van der Waals surface area contributed by atoms with Gasteiger partial charge in [-0.1, -0.05) is 6.07 Å². The molecule has 0 spiro atoms. The van der Waals surface area contributed by atoms with Gasteiger partial charge in [-0.2, -0.15) is 0 Å². The maximum atomic E-state index is 12.2. The van der Waals surface area contributed by atoms with Gasteiger partial charge in [0.1, 0.15) is 17.0 Å². The SMILES string of the molecule is O=C(NCc1ccco1)c1cnc2ccccn2c1=O. The number of rotatable bonds is 3. The van der Waals surface area contributed by atoms with Gasteiger partial charge >= 0.3 is 0 Å². The van der Waals surface area contributed by atoms with E-state index >= 15 is 0 Å². The molecule has 3 aromatic heterocycles. The van der Waals surface area contributed by atoms with Crippen molar-refractivity contribution in [2.24, 2.45) is 0 Å². The maximum absolute atomic E-state index is 12.2. The summed E-state index contributed by atoms with van der Waals surface area (Å²) in [5.41, 5.74) is 0.105. The lowest BCUT2D eigenvalue weighted by Gasteiger charge is -2.04. The van der Waals surface area contributed by atoms with Crippen molar-refractivity contribution < 1.29 is 9.21 Å². The van der Waals surface area contributed by atoms with Crippen LogP contribution in [0.4, 0.5) is 0 Å². The zero-order valence-corrected chi connectivity index (χ0v) is 10.4. The predicted molar refractivity (Wildman–Crippen MR) is 71.3 cm³/mol. The first-order chi connectivity index (χ1) is 9.75. The molecular weight excluding hydrogens is 258 g/mol. The first kappa shape index (κ1) is 12.2. The second-order valence-electron chi connectivity index (χ2n) is 4.17. The Labute approximate surface area is 113 Å². The number of aromatic nitrogens is 2. The van der Waals surface area contributed by atoms with Gasteiger partial charge < -0.3 is 9.73 Å². The Balaban J connectivity index is 1.88. The second kappa shape index (κ2) is 5.00. The molecule has 3 aromatic rings. The maximum Gasteiger partial charge on any atom is 0.270 e. The average molecular weight is 269 g/mol. The lowest BCUT2D eigenvalue weighted by atomic mass is 10.3. The quantitative estimate of drug-likeness (QED) is 0.775. The molecule has 0 aliphatic carbocycles. The van der Waals surface area contributed by atoms with Gasteiger partial charge in [-0.3, -0.25) is 14.0 Å². The molecule has 0 bridgehead atoms. The fourth-order valence-corrected chi connectivity index (χ4v) is 1.86. The number of carbonyl (C=O) groups is 1. The number of amides is 1. The van der Waals surface area contributed by atoms with Gasteiger partial charge in [0, 0.05) is 12.4 Å². The van der Waals surface area contributed by atoms with Gasteiger partial charge in [0.25, 0.3) is 11.5 Å². The first-order valence-electron chi connectivity index (χ1n) is 6.03. The van der Waals surface area contributed by atoms with Crippen molar-refractivity contribution in [2.45, 2.75) is 6.54 Å². The molecule has 0 saturated carbocycles. The Bertz CT molecular complexity index is 806. The molecule has 0 saturated heterocycles. The van der Waals surface area contributed by atoms with E-state index in [4.69, 9.17) is 4.42 Å². The Morgan fingerprint density at radius 3 is 3.00 bits per heavy atom. The molecule has 1 N–H and O–H groups in total. The summed E-state index contributed by atoms with van der Waals surface area (Å²) in [6.07, 6.45) is 4.39. The molecule has 0 aliphatic heterocycles. The predicted octanol–water partition coefficient (Wildman–Crippen LogP) is 1.22. The summed E-state index contributed by atoms with van der Waals surface area (Å²) < 4.78 is 6.44. The van der Waals surface area contributed by atoms with E-state index in [0.717, 1.165) is 0 Å². The van der Waals surface area contributed by atoms with Crippen molar-refractivity contribution in [2.75, 3.05) is 0 Å². The van der Waals surface area contributed by atoms with Gasteiger partial charge in [-0.15, -0.1) is 0 Å². The second-order valence-corrected chi connectivity index (χ2v) is 4.17.